The molecule has 0 unspecified atom stereocenters. The van der Waals surface area contributed by atoms with E-state index >= 15 is 0 Å². The highest BCUT2D eigenvalue weighted by atomic mass is 79.9. The second-order valence-electron chi connectivity index (χ2n) is 18.0. The monoisotopic (exact) mass is 991 g/mol. The van der Waals surface area contributed by atoms with E-state index in [1.807, 2.05) is 11.8 Å². The van der Waals surface area contributed by atoms with Crippen molar-refractivity contribution in [1.29, 1.82) is 0 Å². The lowest BCUT2D eigenvalue weighted by Gasteiger charge is -2.28. The van der Waals surface area contributed by atoms with Crippen LogP contribution in [-0.4, -0.2) is 42.1 Å². The molecule has 0 aromatic heterocycles. The van der Waals surface area contributed by atoms with Gasteiger partial charge in [0.25, 0.3) is 10.1 Å². The number of unbranched alkanes of at least 4 members (excludes halogenated alkanes) is 3. The number of hydrogen-bond donors (Lipinski definition) is 1. The van der Waals surface area contributed by atoms with Crippen molar-refractivity contribution in [3.05, 3.63) is 157 Å². The summed E-state index contributed by atoms with van der Waals surface area (Å²) in [6, 6.07) is 33.0. The van der Waals surface area contributed by atoms with Crippen LogP contribution < -0.4 is 4.90 Å². The number of anilines is 1. The van der Waals surface area contributed by atoms with Crippen LogP contribution in [0.3, 0.4) is 0 Å². The standard InChI is InChI=1S/C53H56Br2N2O3S2/c1-6-7-11-31-56-45-27-19-38-34-40(54)23-25-43(38)49(45)52(2,3)47(56)29-21-36-15-14-16-37(51(36)61-42-17-9-8-10-18-42)22-30-48-53(4,5)50-44-26-24-41(55)35-39(44)20-28-46(50)57(48)32-12-13-33-62(58,59)60/h8-10,17-30,34-35H,6-7,11-16,31-33H2,1-5H3/p+1. The molecule has 0 radical (unpaired) electrons. The first kappa shape index (κ1) is 44.9. The maximum Gasteiger partial charge on any atom is 0.264 e. The molecule has 0 bridgehead atoms. The van der Waals surface area contributed by atoms with Gasteiger partial charge in [-0.1, -0.05) is 119 Å². The van der Waals surface area contributed by atoms with E-state index in [0.717, 1.165) is 46.9 Å². The van der Waals surface area contributed by atoms with Crippen molar-refractivity contribution in [3.63, 3.8) is 0 Å². The van der Waals surface area contributed by atoms with Crippen molar-refractivity contribution in [2.75, 3.05) is 23.7 Å². The molecular weight excluding hydrogens is 937 g/mol. The maximum absolute atomic E-state index is 11.7. The Balaban J connectivity index is 1.23. The van der Waals surface area contributed by atoms with Crippen molar-refractivity contribution >= 4 is 92.4 Å². The predicted octanol–water partition coefficient (Wildman–Crippen LogP) is 15.1. The zero-order valence-electron chi connectivity index (χ0n) is 36.5. The van der Waals surface area contributed by atoms with Gasteiger partial charge in [-0.05, 0) is 145 Å². The average Bonchev–Trinajstić information content (AvgIpc) is 3.59. The molecule has 0 atom stereocenters. The third kappa shape index (κ3) is 9.12. The fraction of sp³-hybridized carbons (Fsp3) is 0.340. The third-order valence-electron chi connectivity index (χ3n) is 13.0. The topological polar surface area (TPSA) is 60.6 Å². The van der Waals surface area contributed by atoms with Crippen LogP contribution in [0.5, 0.6) is 0 Å². The largest absolute Gasteiger partial charge is 0.344 e. The minimum Gasteiger partial charge on any atom is -0.344 e. The van der Waals surface area contributed by atoms with Gasteiger partial charge in [0.15, 0.2) is 5.71 Å². The summed E-state index contributed by atoms with van der Waals surface area (Å²) in [5.74, 6) is -0.236. The number of fused-ring (bicyclic) bond motifs is 6. The molecule has 5 aromatic carbocycles. The van der Waals surface area contributed by atoms with Gasteiger partial charge in [0.05, 0.1) is 11.2 Å². The van der Waals surface area contributed by atoms with Gasteiger partial charge in [0.1, 0.15) is 6.54 Å². The van der Waals surface area contributed by atoms with E-state index < -0.39 is 10.1 Å². The van der Waals surface area contributed by atoms with Crippen LogP contribution in [0.1, 0.15) is 97.1 Å². The van der Waals surface area contributed by atoms with E-state index in [0.29, 0.717) is 19.4 Å². The number of nitrogens with zero attached hydrogens (tertiary/aromatic N) is 2. The van der Waals surface area contributed by atoms with E-state index in [1.165, 1.54) is 83.6 Å². The van der Waals surface area contributed by atoms with Crippen molar-refractivity contribution in [1.82, 2.24) is 0 Å². The first-order chi connectivity index (χ1) is 29.7. The van der Waals surface area contributed by atoms with E-state index in [1.54, 1.807) is 0 Å². The van der Waals surface area contributed by atoms with E-state index in [4.69, 9.17) is 0 Å². The van der Waals surface area contributed by atoms with Crippen LogP contribution in [0.25, 0.3) is 21.5 Å². The Morgan fingerprint density at radius 1 is 0.774 bits per heavy atom. The smallest absolute Gasteiger partial charge is 0.264 e. The molecule has 0 amide bonds. The normalized spacial score (nSPS) is 18.6. The van der Waals surface area contributed by atoms with Crippen molar-refractivity contribution in [3.8, 4) is 0 Å². The molecule has 1 aliphatic carbocycles. The molecule has 3 aliphatic rings. The Morgan fingerprint density at radius 3 is 2.16 bits per heavy atom. The quantitative estimate of drug-likeness (QED) is 0.0682. The molecule has 2 aliphatic heterocycles. The second-order valence-corrected chi connectivity index (χ2v) is 22.5. The highest BCUT2D eigenvalue weighted by molar-refractivity contribution is 9.10. The molecule has 8 rings (SSSR count). The number of halogens is 2. The van der Waals surface area contributed by atoms with Gasteiger partial charge < -0.3 is 4.90 Å². The highest BCUT2D eigenvalue weighted by Crippen LogP contribution is 2.52. The molecule has 0 fully saturated rings. The molecule has 0 saturated carbocycles. The van der Waals surface area contributed by atoms with Gasteiger partial charge in [0, 0.05) is 66.2 Å². The summed E-state index contributed by atoms with van der Waals surface area (Å²) in [7, 11) is -4.03. The summed E-state index contributed by atoms with van der Waals surface area (Å²) in [6.07, 6.45) is 17.2. The molecule has 5 aromatic rings. The molecule has 1 N–H and O–H groups in total. The van der Waals surface area contributed by atoms with Crippen LogP contribution >= 0.6 is 43.6 Å². The maximum atomic E-state index is 11.7. The van der Waals surface area contributed by atoms with E-state index in [2.05, 4.69) is 191 Å². The van der Waals surface area contributed by atoms with Gasteiger partial charge in [-0.25, -0.2) is 0 Å². The molecule has 62 heavy (non-hydrogen) atoms. The first-order valence-electron chi connectivity index (χ1n) is 22.1. The lowest BCUT2D eigenvalue weighted by Crippen LogP contribution is -2.28. The molecule has 9 heteroatoms. The number of benzene rings is 5. The summed E-state index contributed by atoms with van der Waals surface area (Å²) in [5, 5.41) is 4.98. The van der Waals surface area contributed by atoms with Crippen LogP contribution in [0.2, 0.25) is 0 Å². The molecule has 5 nitrogen and oxygen atoms in total. The molecule has 0 spiro atoms. The summed E-state index contributed by atoms with van der Waals surface area (Å²) in [4.78, 5) is 4.93. The second kappa shape index (κ2) is 18.4. The van der Waals surface area contributed by atoms with E-state index in [9.17, 15) is 13.0 Å². The van der Waals surface area contributed by atoms with Gasteiger partial charge >= 0.3 is 0 Å². The number of thioether (sulfide) groups is 1. The fourth-order valence-electron chi connectivity index (χ4n) is 10.0. The SMILES string of the molecule is CCCCC[N+]1=C(/C=C/C2=C(Sc3ccccc3)C(=C/C=C3/N(CCCCS(=O)(=O)O)c4ccc5cc(Br)ccc5c4C3(C)C)/CCC2)C(C)(C)c2c1ccc1cc(Br)ccc21. The summed E-state index contributed by atoms with van der Waals surface area (Å²) < 4.78 is 37.6. The van der Waals surface area contributed by atoms with Crippen LogP contribution in [0.4, 0.5) is 11.4 Å². The third-order valence-corrected chi connectivity index (χ3v) is 16.0. The van der Waals surface area contributed by atoms with Crippen molar-refractivity contribution in [2.24, 2.45) is 0 Å². The lowest BCUT2D eigenvalue weighted by atomic mass is 9.78. The van der Waals surface area contributed by atoms with Crippen LogP contribution in [-0.2, 0) is 20.9 Å². The zero-order valence-corrected chi connectivity index (χ0v) is 41.3. The predicted molar refractivity (Wildman–Crippen MR) is 270 cm³/mol. The number of rotatable bonds is 14. The van der Waals surface area contributed by atoms with Gasteiger partial charge in [-0.15, -0.1) is 0 Å². The average molecular weight is 994 g/mol. The van der Waals surface area contributed by atoms with Crippen LogP contribution in [0.15, 0.2) is 151 Å². The van der Waals surface area contributed by atoms with Gasteiger partial charge in [-0.2, -0.15) is 13.0 Å². The number of hydrogen-bond acceptors (Lipinski definition) is 4. The molecule has 322 valence electrons. The Morgan fingerprint density at radius 2 is 1.47 bits per heavy atom. The van der Waals surface area contributed by atoms with Crippen molar-refractivity contribution in [2.45, 2.75) is 102 Å². The minimum absolute atomic E-state index is 0.190. The first-order valence-corrected chi connectivity index (χ1v) is 26.1. The Kier molecular flexibility index (Phi) is 13.3. The van der Waals surface area contributed by atoms with Crippen LogP contribution in [0, 0.1) is 0 Å². The van der Waals surface area contributed by atoms with Gasteiger partial charge in [0.2, 0.25) is 5.69 Å². The summed E-state index contributed by atoms with van der Waals surface area (Å²) in [5.41, 5.74) is 9.90. The summed E-state index contributed by atoms with van der Waals surface area (Å²) in [6.45, 7) is 13.3. The van der Waals surface area contributed by atoms with Gasteiger partial charge in [-0.3, -0.25) is 4.55 Å². The molecular formula is C53H57Br2N2O3S2+. The summed E-state index contributed by atoms with van der Waals surface area (Å²) >= 11 is 9.26. The lowest BCUT2D eigenvalue weighted by molar-refractivity contribution is -0.438. The number of allylic oxidation sites excluding steroid dienone is 7. The Labute approximate surface area is 389 Å². The fourth-order valence-corrected chi connectivity index (χ4v) is 12.5. The minimum atomic E-state index is -4.03. The van der Waals surface area contributed by atoms with E-state index in [-0.39, 0.29) is 16.6 Å². The molecule has 2 heterocycles. The Hall–Kier alpha value is -3.73. The Bertz CT molecular complexity index is 2820. The highest BCUT2D eigenvalue weighted by Gasteiger charge is 2.45. The van der Waals surface area contributed by atoms with Crippen molar-refractivity contribution < 1.29 is 17.5 Å². The molecule has 0 saturated heterocycles. The zero-order chi connectivity index (χ0) is 43.8.